The van der Waals surface area contributed by atoms with Crippen LogP contribution in [-0.4, -0.2) is 25.1 Å². The van der Waals surface area contributed by atoms with Gasteiger partial charge < -0.3 is 14.8 Å². The van der Waals surface area contributed by atoms with Crippen molar-refractivity contribution in [3.8, 4) is 11.8 Å². The molecule has 0 bridgehead atoms. The van der Waals surface area contributed by atoms with E-state index >= 15 is 0 Å². The second kappa shape index (κ2) is 12.4. The van der Waals surface area contributed by atoms with Crippen LogP contribution in [0.25, 0.3) is 6.08 Å². The summed E-state index contributed by atoms with van der Waals surface area (Å²) < 4.78 is 11.0. The van der Waals surface area contributed by atoms with Crippen molar-refractivity contribution in [1.29, 1.82) is 5.26 Å². The molecule has 0 saturated carbocycles. The van der Waals surface area contributed by atoms with Crippen LogP contribution >= 0.6 is 22.9 Å². The number of halogens is 1. The van der Waals surface area contributed by atoms with Crippen LogP contribution in [0.15, 0.2) is 29.8 Å². The van der Waals surface area contributed by atoms with Crippen molar-refractivity contribution < 1.29 is 19.1 Å². The summed E-state index contributed by atoms with van der Waals surface area (Å²) in [4.78, 5) is 26.2. The van der Waals surface area contributed by atoms with E-state index in [-0.39, 0.29) is 23.7 Å². The Morgan fingerprint density at radius 3 is 2.58 bits per heavy atom. The molecule has 2 aromatic rings. The first-order chi connectivity index (χ1) is 15.7. The lowest BCUT2D eigenvalue weighted by Crippen LogP contribution is -2.15. The summed E-state index contributed by atoms with van der Waals surface area (Å²) in [6.45, 7) is 10.6. The molecule has 6 nitrogen and oxygen atoms in total. The number of nitriles is 1. The first kappa shape index (κ1) is 26.4. The van der Waals surface area contributed by atoms with E-state index in [1.807, 2.05) is 19.9 Å². The Morgan fingerprint density at radius 2 is 1.97 bits per heavy atom. The number of anilines is 1. The molecule has 0 radical (unpaired) electrons. The number of rotatable bonds is 10. The average molecular weight is 489 g/mol. The van der Waals surface area contributed by atoms with Gasteiger partial charge in [-0.15, -0.1) is 11.3 Å². The topological polar surface area (TPSA) is 88.4 Å². The predicted octanol–water partition coefficient (Wildman–Crippen LogP) is 6.67. The highest BCUT2D eigenvalue weighted by atomic mass is 35.5. The number of ether oxygens (including phenoxy) is 2. The van der Waals surface area contributed by atoms with Gasteiger partial charge in [0.25, 0.3) is 5.91 Å². The van der Waals surface area contributed by atoms with Crippen molar-refractivity contribution in [3.05, 3.63) is 50.9 Å². The third-order valence-electron chi connectivity index (χ3n) is 4.63. The highest BCUT2D eigenvalue weighted by molar-refractivity contribution is 7.16. The number of hydrogen-bond acceptors (Lipinski definition) is 6. The Bertz CT molecular complexity index is 1070. The first-order valence-electron chi connectivity index (χ1n) is 10.8. The number of nitrogens with one attached hydrogen (secondary N) is 1. The van der Waals surface area contributed by atoms with E-state index in [0.29, 0.717) is 33.9 Å². The standard InChI is InChI=1S/C25H29ClN2O4S/c1-6-31-25(30)20-13-22(16(4)5)33-24(20)28-23(29)18(14-27)11-17-12-19(26)7-8-21(17)32-10-9-15(2)3/h7-8,11-13,15-16H,6,9-10H2,1-5H3,(H,28,29). The van der Waals surface area contributed by atoms with Gasteiger partial charge in [0.1, 0.15) is 22.4 Å². The van der Waals surface area contributed by atoms with Gasteiger partial charge in [-0.2, -0.15) is 5.26 Å². The zero-order valence-electron chi connectivity index (χ0n) is 19.5. The molecule has 1 amide bonds. The summed E-state index contributed by atoms with van der Waals surface area (Å²) in [5.74, 6) is 0.0251. The summed E-state index contributed by atoms with van der Waals surface area (Å²) in [6.07, 6.45) is 2.30. The van der Waals surface area contributed by atoms with Gasteiger partial charge in [-0.25, -0.2) is 4.79 Å². The van der Waals surface area contributed by atoms with Crippen LogP contribution in [0.1, 0.15) is 67.8 Å². The number of nitrogens with zero attached hydrogens (tertiary/aromatic N) is 1. The molecule has 0 saturated heterocycles. The number of carbonyl (C=O) groups excluding carboxylic acids is 2. The summed E-state index contributed by atoms with van der Waals surface area (Å²) in [6, 6.07) is 8.71. The van der Waals surface area contributed by atoms with E-state index in [9.17, 15) is 14.9 Å². The van der Waals surface area contributed by atoms with Crippen molar-refractivity contribution in [3.63, 3.8) is 0 Å². The second-order valence-electron chi connectivity index (χ2n) is 8.10. The Labute approximate surface area is 204 Å². The number of carbonyl (C=O) groups is 2. The van der Waals surface area contributed by atoms with E-state index in [2.05, 4.69) is 19.2 Å². The maximum absolute atomic E-state index is 12.9. The van der Waals surface area contributed by atoms with Gasteiger partial charge in [-0.1, -0.05) is 39.3 Å². The number of amides is 1. The van der Waals surface area contributed by atoms with Crippen molar-refractivity contribution in [2.45, 2.75) is 47.0 Å². The molecule has 33 heavy (non-hydrogen) atoms. The molecule has 1 aromatic carbocycles. The fourth-order valence-corrected chi connectivity index (χ4v) is 4.02. The van der Waals surface area contributed by atoms with Crippen LogP contribution in [0, 0.1) is 17.2 Å². The van der Waals surface area contributed by atoms with Crippen LogP contribution in [0.3, 0.4) is 0 Å². The SMILES string of the molecule is CCOC(=O)c1cc(C(C)C)sc1NC(=O)C(C#N)=Cc1cc(Cl)ccc1OCCC(C)C. The lowest BCUT2D eigenvalue weighted by Gasteiger charge is -2.11. The predicted molar refractivity (Wildman–Crippen MR) is 133 cm³/mol. The molecule has 0 aliphatic rings. The largest absolute Gasteiger partial charge is 0.493 e. The summed E-state index contributed by atoms with van der Waals surface area (Å²) in [7, 11) is 0. The average Bonchev–Trinajstić information content (AvgIpc) is 3.17. The molecule has 0 spiro atoms. The zero-order chi connectivity index (χ0) is 24.5. The van der Waals surface area contributed by atoms with Gasteiger partial charge >= 0.3 is 5.97 Å². The van der Waals surface area contributed by atoms with Gasteiger partial charge in [0.2, 0.25) is 0 Å². The molecule has 1 heterocycles. The van der Waals surface area contributed by atoms with Crippen LogP contribution in [0.4, 0.5) is 5.00 Å². The number of esters is 1. The van der Waals surface area contributed by atoms with Gasteiger partial charge in [0.05, 0.1) is 18.8 Å². The number of hydrogen-bond donors (Lipinski definition) is 1. The molecule has 8 heteroatoms. The fourth-order valence-electron chi connectivity index (χ4n) is 2.79. The third-order valence-corrected chi connectivity index (χ3v) is 6.22. The Morgan fingerprint density at radius 1 is 1.24 bits per heavy atom. The minimum Gasteiger partial charge on any atom is -0.493 e. The lowest BCUT2D eigenvalue weighted by atomic mass is 10.1. The molecular weight excluding hydrogens is 460 g/mol. The molecule has 176 valence electrons. The van der Waals surface area contributed by atoms with Crippen LogP contribution in [-0.2, 0) is 9.53 Å². The van der Waals surface area contributed by atoms with Crippen LogP contribution in [0.2, 0.25) is 5.02 Å². The van der Waals surface area contributed by atoms with Crippen LogP contribution in [0.5, 0.6) is 5.75 Å². The maximum Gasteiger partial charge on any atom is 0.341 e. The molecular formula is C25H29ClN2O4S. The van der Waals surface area contributed by atoms with E-state index in [4.69, 9.17) is 21.1 Å². The molecule has 0 fully saturated rings. The summed E-state index contributed by atoms with van der Waals surface area (Å²) in [5.41, 5.74) is 0.662. The first-order valence-corrected chi connectivity index (χ1v) is 12.0. The van der Waals surface area contributed by atoms with Gasteiger partial charge in [0, 0.05) is 15.5 Å². The van der Waals surface area contributed by atoms with E-state index in [1.165, 1.54) is 17.4 Å². The molecule has 1 aromatic heterocycles. The molecule has 0 unspecified atom stereocenters. The maximum atomic E-state index is 12.9. The highest BCUT2D eigenvalue weighted by Gasteiger charge is 2.22. The monoisotopic (exact) mass is 488 g/mol. The lowest BCUT2D eigenvalue weighted by molar-refractivity contribution is -0.112. The van der Waals surface area contributed by atoms with Crippen molar-refractivity contribution >= 4 is 45.9 Å². The van der Waals surface area contributed by atoms with E-state index < -0.39 is 11.9 Å². The Balaban J connectivity index is 2.34. The smallest absolute Gasteiger partial charge is 0.341 e. The quantitative estimate of drug-likeness (QED) is 0.229. The molecule has 2 rings (SSSR count). The molecule has 0 aliphatic carbocycles. The minimum absolute atomic E-state index is 0.139. The fraction of sp³-hybridized carbons (Fsp3) is 0.400. The molecule has 1 N–H and O–H groups in total. The van der Waals surface area contributed by atoms with Crippen LogP contribution < -0.4 is 10.1 Å². The minimum atomic E-state index is -0.631. The van der Waals surface area contributed by atoms with Crippen molar-refractivity contribution in [2.24, 2.45) is 5.92 Å². The Kier molecular flexibility index (Phi) is 9.95. The van der Waals surface area contributed by atoms with Gasteiger partial charge in [0.15, 0.2) is 0 Å². The number of benzene rings is 1. The normalized spacial score (nSPS) is 11.4. The second-order valence-corrected chi connectivity index (χ2v) is 9.62. The molecule has 0 atom stereocenters. The van der Waals surface area contributed by atoms with E-state index in [1.54, 1.807) is 31.2 Å². The zero-order valence-corrected chi connectivity index (χ0v) is 21.1. The van der Waals surface area contributed by atoms with Gasteiger partial charge in [-0.3, -0.25) is 4.79 Å². The van der Waals surface area contributed by atoms with Crippen molar-refractivity contribution in [1.82, 2.24) is 0 Å². The third kappa shape index (κ3) is 7.62. The summed E-state index contributed by atoms with van der Waals surface area (Å²) in [5, 5.41) is 13.2. The Hall–Kier alpha value is -2.82. The summed E-state index contributed by atoms with van der Waals surface area (Å²) >= 11 is 7.43. The molecule has 0 aliphatic heterocycles. The highest BCUT2D eigenvalue weighted by Crippen LogP contribution is 2.34. The van der Waals surface area contributed by atoms with Crippen molar-refractivity contribution in [2.75, 3.05) is 18.5 Å². The van der Waals surface area contributed by atoms with E-state index in [0.717, 1.165) is 11.3 Å². The van der Waals surface area contributed by atoms with Gasteiger partial charge in [-0.05, 0) is 55.5 Å². The number of thiophene rings is 1.